The Morgan fingerprint density at radius 2 is 2.15 bits per heavy atom. The molecule has 0 amide bonds. The Balaban J connectivity index is 1.74. The molecule has 1 aliphatic rings. The van der Waals surface area contributed by atoms with E-state index in [-0.39, 0.29) is 0 Å². The molecule has 0 atom stereocenters. The molecule has 3 rings (SSSR count). The van der Waals surface area contributed by atoms with Crippen LogP contribution in [0.1, 0.15) is 29.8 Å². The molecule has 1 aliphatic carbocycles. The van der Waals surface area contributed by atoms with Gasteiger partial charge in [-0.3, -0.25) is 9.67 Å². The highest BCUT2D eigenvalue weighted by Gasteiger charge is 2.20. The lowest BCUT2D eigenvalue weighted by Gasteiger charge is -2.08. The summed E-state index contributed by atoms with van der Waals surface area (Å²) >= 11 is 0. The van der Waals surface area contributed by atoms with Gasteiger partial charge in [0.25, 0.3) is 0 Å². The Bertz CT molecular complexity index is 616. The zero-order valence-corrected chi connectivity index (χ0v) is 12.2. The first-order valence-corrected chi connectivity index (χ1v) is 6.99. The van der Waals surface area contributed by atoms with Crippen LogP contribution in [-0.4, -0.2) is 20.8 Å². The summed E-state index contributed by atoms with van der Waals surface area (Å²) in [6, 6.07) is 2.73. The minimum Gasteiger partial charge on any atom is -0.452 e. The molecule has 0 bridgehead atoms. The van der Waals surface area contributed by atoms with Crippen LogP contribution in [-0.2, 0) is 13.6 Å². The predicted molar refractivity (Wildman–Crippen MR) is 76.9 cm³/mol. The van der Waals surface area contributed by atoms with Gasteiger partial charge >= 0.3 is 0 Å². The largest absolute Gasteiger partial charge is 0.452 e. The summed E-state index contributed by atoms with van der Waals surface area (Å²) in [5.41, 5.74) is 3.06. The van der Waals surface area contributed by atoms with Crippen molar-refractivity contribution in [3.05, 3.63) is 35.4 Å². The predicted octanol–water partition coefficient (Wildman–Crippen LogP) is 2.48. The Labute approximate surface area is 119 Å². The molecule has 1 N–H and O–H groups in total. The van der Waals surface area contributed by atoms with E-state index in [0.717, 1.165) is 35.0 Å². The molecule has 0 aliphatic heterocycles. The van der Waals surface area contributed by atoms with Gasteiger partial charge in [-0.2, -0.15) is 5.10 Å². The van der Waals surface area contributed by atoms with Crippen LogP contribution in [0.2, 0.25) is 0 Å². The van der Waals surface area contributed by atoms with Crippen molar-refractivity contribution >= 4 is 0 Å². The molecule has 2 aromatic heterocycles. The molecule has 20 heavy (non-hydrogen) atoms. The Morgan fingerprint density at radius 3 is 2.80 bits per heavy atom. The summed E-state index contributed by atoms with van der Waals surface area (Å²) in [4.78, 5) is 4.25. The van der Waals surface area contributed by atoms with Gasteiger partial charge < -0.3 is 10.1 Å². The first-order chi connectivity index (χ1) is 9.63. The standard InChI is InChI=1S/C15H20N4O/c1-10-15(11(2)19(3)18-10)20-14-6-12(7-16-9-14)8-17-13-4-5-13/h6-7,9,13,17H,4-5,8H2,1-3H3. The quantitative estimate of drug-likeness (QED) is 0.908. The minimum absolute atomic E-state index is 0.697. The zero-order valence-electron chi connectivity index (χ0n) is 12.2. The number of hydrogen-bond acceptors (Lipinski definition) is 4. The van der Waals surface area contributed by atoms with Gasteiger partial charge in [0.1, 0.15) is 11.4 Å². The lowest BCUT2D eigenvalue weighted by atomic mass is 10.2. The van der Waals surface area contributed by atoms with E-state index in [0.29, 0.717) is 6.04 Å². The molecule has 5 heteroatoms. The van der Waals surface area contributed by atoms with Gasteiger partial charge in [-0.1, -0.05) is 0 Å². The van der Waals surface area contributed by atoms with Gasteiger partial charge in [-0.25, -0.2) is 0 Å². The fourth-order valence-electron chi connectivity index (χ4n) is 2.19. The zero-order chi connectivity index (χ0) is 14.1. The van der Waals surface area contributed by atoms with Gasteiger partial charge in [-0.15, -0.1) is 0 Å². The normalized spacial score (nSPS) is 14.6. The molecule has 2 heterocycles. The first kappa shape index (κ1) is 13.1. The summed E-state index contributed by atoms with van der Waals surface area (Å²) in [5.74, 6) is 1.58. The van der Waals surface area contributed by atoms with E-state index in [9.17, 15) is 0 Å². The second-order valence-corrected chi connectivity index (χ2v) is 5.41. The third kappa shape index (κ3) is 2.82. The Kier molecular flexibility index (Phi) is 3.44. The first-order valence-electron chi connectivity index (χ1n) is 6.99. The van der Waals surface area contributed by atoms with Crippen LogP contribution in [0.25, 0.3) is 0 Å². The fourth-order valence-corrected chi connectivity index (χ4v) is 2.19. The van der Waals surface area contributed by atoms with E-state index in [1.807, 2.05) is 37.8 Å². The number of aryl methyl sites for hydroxylation is 2. The SMILES string of the molecule is Cc1nn(C)c(C)c1Oc1cncc(CNC2CC2)c1. The van der Waals surface area contributed by atoms with Crippen LogP contribution in [0.4, 0.5) is 0 Å². The van der Waals surface area contributed by atoms with Crippen LogP contribution >= 0.6 is 0 Å². The topological polar surface area (TPSA) is 52.0 Å². The number of rotatable bonds is 5. The van der Waals surface area contributed by atoms with Crippen molar-refractivity contribution in [3.8, 4) is 11.5 Å². The lowest BCUT2D eigenvalue weighted by molar-refractivity contribution is 0.470. The van der Waals surface area contributed by atoms with E-state index in [2.05, 4.69) is 15.4 Å². The molecule has 5 nitrogen and oxygen atoms in total. The second-order valence-electron chi connectivity index (χ2n) is 5.41. The minimum atomic E-state index is 0.697. The smallest absolute Gasteiger partial charge is 0.171 e. The van der Waals surface area contributed by atoms with E-state index < -0.39 is 0 Å². The Morgan fingerprint density at radius 1 is 1.35 bits per heavy atom. The van der Waals surface area contributed by atoms with Gasteiger partial charge in [0.05, 0.1) is 11.9 Å². The van der Waals surface area contributed by atoms with Gasteiger partial charge in [-0.05, 0) is 38.3 Å². The summed E-state index contributed by atoms with van der Waals surface area (Å²) < 4.78 is 7.78. The van der Waals surface area contributed by atoms with Gasteiger partial charge in [0.15, 0.2) is 5.75 Å². The summed E-state index contributed by atoms with van der Waals surface area (Å²) in [6.45, 7) is 4.80. The van der Waals surface area contributed by atoms with Crippen molar-refractivity contribution in [2.75, 3.05) is 0 Å². The van der Waals surface area contributed by atoms with Crippen molar-refractivity contribution < 1.29 is 4.74 Å². The van der Waals surface area contributed by atoms with Crippen LogP contribution < -0.4 is 10.1 Å². The molecular formula is C15H20N4O. The van der Waals surface area contributed by atoms with Crippen LogP contribution in [0.5, 0.6) is 11.5 Å². The van der Waals surface area contributed by atoms with Gasteiger partial charge in [0, 0.05) is 25.8 Å². The third-order valence-electron chi connectivity index (χ3n) is 3.60. The maximum atomic E-state index is 5.95. The van der Waals surface area contributed by atoms with E-state index >= 15 is 0 Å². The number of ether oxygens (including phenoxy) is 1. The maximum Gasteiger partial charge on any atom is 0.171 e. The van der Waals surface area contributed by atoms with Gasteiger partial charge in [0.2, 0.25) is 0 Å². The van der Waals surface area contributed by atoms with Crippen molar-refractivity contribution in [3.63, 3.8) is 0 Å². The number of pyridine rings is 1. The number of nitrogens with one attached hydrogen (secondary N) is 1. The van der Waals surface area contributed by atoms with E-state index in [1.54, 1.807) is 6.20 Å². The monoisotopic (exact) mass is 272 g/mol. The molecule has 1 saturated carbocycles. The molecule has 1 fully saturated rings. The number of nitrogens with zero attached hydrogens (tertiary/aromatic N) is 3. The molecule has 0 unspecified atom stereocenters. The second kappa shape index (κ2) is 5.25. The number of hydrogen-bond donors (Lipinski definition) is 1. The fraction of sp³-hybridized carbons (Fsp3) is 0.467. The molecule has 2 aromatic rings. The molecule has 106 valence electrons. The lowest BCUT2D eigenvalue weighted by Crippen LogP contribution is -2.15. The highest BCUT2D eigenvalue weighted by Crippen LogP contribution is 2.28. The van der Waals surface area contributed by atoms with Crippen molar-refractivity contribution in [1.82, 2.24) is 20.1 Å². The highest BCUT2D eigenvalue weighted by atomic mass is 16.5. The Hall–Kier alpha value is -1.88. The van der Waals surface area contributed by atoms with E-state index in [1.165, 1.54) is 12.8 Å². The van der Waals surface area contributed by atoms with Crippen LogP contribution in [0, 0.1) is 13.8 Å². The summed E-state index contributed by atoms with van der Waals surface area (Å²) in [6.07, 6.45) is 6.20. The molecule has 0 radical (unpaired) electrons. The molecular weight excluding hydrogens is 252 g/mol. The van der Waals surface area contributed by atoms with Crippen LogP contribution in [0.3, 0.4) is 0 Å². The number of aromatic nitrogens is 3. The molecule has 0 spiro atoms. The maximum absolute atomic E-state index is 5.95. The summed E-state index contributed by atoms with van der Waals surface area (Å²) in [7, 11) is 1.92. The van der Waals surface area contributed by atoms with E-state index in [4.69, 9.17) is 4.74 Å². The third-order valence-corrected chi connectivity index (χ3v) is 3.60. The average Bonchev–Trinajstić information content (AvgIpc) is 3.22. The van der Waals surface area contributed by atoms with Crippen molar-refractivity contribution in [2.24, 2.45) is 7.05 Å². The molecule has 0 aromatic carbocycles. The van der Waals surface area contributed by atoms with Crippen molar-refractivity contribution in [1.29, 1.82) is 0 Å². The van der Waals surface area contributed by atoms with Crippen LogP contribution in [0.15, 0.2) is 18.5 Å². The summed E-state index contributed by atoms with van der Waals surface area (Å²) in [5, 5.41) is 7.83. The van der Waals surface area contributed by atoms with Crippen molar-refractivity contribution in [2.45, 2.75) is 39.3 Å². The highest BCUT2D eigenvalue weighted by molar-refractivity contribution is 5.37. The average molecular weight is 272 g/mol. The molecule has 0 saturated heterocycles.